The van der Waals surface area contributed by atoms with Gasteiger partial charge in [-0.3, -0.25) is 14.2 Å². The van der Waals surface area contributed by atoms with Gasteiger partial charge in [-0.05, 0) is 42.7 Å². The van der Waals surface area contributed by atoms with Gasteiger partial charge in [0.1, 0.15) is 0 Å². The second kappa shape index (κ2) is 8.65. The molecule has 3 aromatic rings. The average molecular weight is 402 g/mol. The van der Waals surface area contributed by atoms with E-state index in [1.165, 1.54) is 6.07 Å². The second-order valence-electron chi connectivity index (χ2n) is 6.89. The first-order valence-corrected chi connectivity index (χ1v) is 9.96. The molecule has 1 aromatic heterocycles. The van der Waals surface area contributed by atoms with Crippen LogP contribution in [0.3, 0.4) is 0 Å². The number of Topliss-reactive ketones (excluding diaryl/α,β-unsaturated/α-hetero) is 1. The summed E-state index contributed by atoms with van der Waals surface area (Å²) >= 11 is 1.13. The van der Waals surface area contributed by atoms with E-state index in [0.717, 1.165) is 30.3 Å². The quantitative estimate of drug-likeness (QED) is 0.327. The zero-order chi connectivity index (χ0) is 20.3. The van der Waals surface area contributed by atoms with Crippen LogP contribution in [0, 0.1) is 17.6 Å². The lowest BCUT2D eigenvalue weighted by atomic mass is 10.1. The van der Waals surface area contributed by atoms with E-state index < -0.39 is 11.6 Å². The number of fused-ring (bicyclic) bond motifs is 1. The standard InChI is InChI=1S/C21H20F2N2O2S/c1-13(2)9-10-25-20(27)15-5-3-4-6-18(15)24-21(25)28-12-19(26)14-7-8-16(22)17(23)11-14/h3-8,11,13H,9-10,12H2,1-2H3. The molecule has 0 fully saturated rings. The summed E-state index contributed by atoms with van der Waals surface area (Å²) in [5, 5.41) is 0.975. The fourth-order valence-corrected chi connectivity index (χ4v) is 3.65. The SMILES string of the molecule is CC(C)CCn1c(SCC(=O)c2ccc(F)c(F)c2)nc2ccccc2c1=O. The molecule has 0 spiro atoms. The van der Waals surface area contributed by atoms with E-state index in [1.54, 1.807) is 28.8 Å². The smallest absolute Gasteiger partial charge is 0.262 e. The Kier molecular flexibility index (Phi) is 6.24. The first kappa shape index (κ1) is 20.2. The normalized spacial score (nSPS) is 11.3. The third-order valence-corrected chi connectivity index (χ3v) is 5.31. The highest BCUT2D eigenvalue weighted by molar-refractivity contribution is 7.99. The van der Waals surface area contributed by atoms with Crippen LogP contribution < -0.4 is 5.56 Å². The van der Waals surface area contributed by atoms with Crippen molar-refractivity contribution in [2.45, 2.75) is 32.0 Å². The minimum Gasteiger partial charge on any atom is -0.293 e. The number of ketones is 1. The van der Waals surface area contributed by atoms with Crippen molar-refractivity contribution < 1.29 is 13.6 Å². The molecular weight excluding hydrogens is 382 g/mol. The molecule has 0 unspecified atom stereocenters. The van der Waals surface area contributed by atoms with Crippen LogP contribution in [-0.4, -0.2) is 21.1 Å². The first-order chi connectivity index (χ1) is 13.4. The summed E-state index contributed by atoms with van der Waals surface area (Å²) in [5.41, 5.74) is 0.508. The summed E-state index contributed by atoms with van der Waals surface area (Å²) in [6, 6.07) is 10.1. The van der Waals surface area contributed by atoms with Gasteiger partial charge in [0.2, 0.25) is 0 Å². The van der Waals surface area contributed by atoms with Crippen molar-refractivity contribution in [2.24, 2.45) is 5.92 Å². The van der Waals surface area contributed by atoms with Crippen LogP contribution >= 0.6 is 11.8 Å². The Morgan fingerprint density at radius 3 is 2.61 bits per heavy atom. The fourth-order valence-electron chi connectivity index (χ4n) is 2.73. The van der Waals surface area contributed by atoms with Crippen LogP contribution in [-0.2, 0) is 6.54 Å². The Labute approximate surface area is 165 Å². The molecule has 7 heteroatoms. The highest BCUT2D eigenvalue weighted by atomic mass is 32.2. The Hall–Kier alpha value is -2.54. The van der Waals surface area contributed by atoms with Crippen LogP contribution in [0.2, 0.25) is 0 Å². The minimum absolute atomic E-state index is 0.0302. The number of thioether (sulfide) groups is 1. The zero-order valence-corrected chi connectivity index (χ0v) is 16.4. The molecule has 0 radical (unpaired) electrons. The third-order valence-electron chi connectivity index (χ3n) is 4.33. The molecule has 146 valence electrons. The maximum absolute atomic E-state index is 13.4. The topological polar surface area (TPSA) is 52.0 Å². The van der Waals surface area contributed by atoms with Crippen molar-refractivity contribution in [2.75, 3.05) is 5.75 Å². The molecule has 0 aliphatic heterocycles. The van der Waals surface area contributed by atoms with Crippen molar-refractivity contribution in [3.05, 3.63) is 70.0 Å². The number of hydrogen-bond acceptors (Lipinski definition) is 4. The summed E-state index contributed by atoms with van der Waals surface area (Å²) < 4.78 is 28.0. The van der Waals surface area contributed by atoms with Gasteiger partial charge in [-0.2, -0.15) is 0 Å². The van der Waals surface area contributed by atoms with Crippen molar-refractivity contribution in [1.29, 1.82) is 0 Å². The molecule has 3 rings (SSSR count). The highest BCUT2D eigenvalue weighted by Crippen LogP contribution is 2.21. The Bertz CT molecular complexity index is 1080. The van der Waals surface area contributed by atoms with Gasteiger partial charge in [-0.15, -0.1) is 0 Å². The summed E-state index contributed by atoms with van der Waals surface area (Å²) in [6.07, 6.45) is 0.796. The van der Waals surface area contributed by atoms with Gasteiger partial charge in [0.25, 0.3) is 5.56 Å². The van der Waals surface area contributed by atoms with Gasteiger partial charge >= 0.3 is 0 Å². The van der Waals surface area contributed by atoms with E-state index in [1.807, 2.05) is 0 Å². The van der Waals surface area contributed by atoms with E-state index in [2.05, 4.69) is 18.8 Å². The van der Waals surface area contributed by atoms with Crippen LogP contribution in [0.5, 0.6) is 0 Å². The number of halogens is 2. The van der Waals surface area contributed by atoms with E-state index >= 15 is 0 Å². The summed E-state index contributed by atoms with van der Waals surface area (Å²) in [4.78, 5) is 29.8. The number of aromatic nitrogens is 2. The molecule has 0 atom stereocenters. The van der Waals surface area contributed by atoms with Crippen molar-refractivity contribution in [3.63, 3.8) is 0 Å². The van der Waals surface area contributed by atoms with E-state index in [4.69, 9.17) is 0 Å². The van der Waals surface area contributed by atoms with Crippen molar-refractivity contribution >= 4 is 28.4 Å². The molecule has 0 bridgehead atoms. The first-order valence-electron chi connectivity index (χ1n) is 8.97. The molecule has 0 N–H and O–H groups in total. The highest BCUT2D eigenvalue weighted by Gasteiger charge is 2.15. The largest absolute Gasteiger partial charge is 0.293 e. The van der Waals surface area contributed by atoms with Crippen LogP contribution in [0.15, 0.2) is 52.4 Å². The molecule has 0 aliphatic rings. The second-order valence-corrected chi connectivity index (χ2v) is 7.83. The van der Waals surface area contributed by atoms with Gasteiger partial charge < -0.3 is 0 Å². The molecule has 0 saturated heterocycles. The lowest BCUT2D eigenvalue weighted by Crippen LogP contribution is -2.24. The summed E-state index contributed by atoms with van der Waals surface area (Å²) in [5.74, 6) is -2.05. The molecule has 0 aliphatic carbocycles. The van der Waals surface area contributed by atoms with Crippen LogP contribution in [0.4, 0.5) is 8.78 Å². The van der Waals surface area contributed by atoms with E-state index in [-0.39, 0.29) is 22.7 Å². The zero-order valence-electron chi connectivity index (χ0n) is 15.6. The monoisotopic (exact) mass is 402 g/mol. The predicted octanol–water partition coefficient (Wildman–Crippen LogP) is 4.70. The van der Waals surface area contributed by atoms with Gasteiger partial charge in [0.05, 0.1) is 16.7 Å². The fraction of sp³-hybridized carbons (Fsp3) is 0.286. The van der Waals surface area contributed by atoms with E-state index in [0.29, 0.717) is 28.5 Å². The number of para-hydroxylation sites is 1. The average Bonchev–Trinajstić information content (AvgIpc) is 2.67. The Balaban J connectivity index is 1.90. The minimum atomic E-state index is -1.06. The molecule has 4 nitrogen and oxygen atoms in total. The van der Waals surface area contributed by atoms with Gasteiger partial charge in [0, 0.05) is 12.1 Å². The molecule has 0 amide bonds. The number of rotatable bonds is 7. The molecule has 1 heterocycles. The summed E-state index contributed by atoms with van der Waals surface area (Å²) in [6.45, 7) is 4.63. The number of carbonyl (C=O) groups excluding carboxylic acids is 1. The predicted molar refractivity (Wildman–Crippen MR) is 107 cm³/mol. The van der Waals surface area contributed by atoms with Crippen molar-refractivity contribution in [3.8, 4) is 0 Å². The van der Waals surface area contributed by atoms with Gasteiger partial charge in [-0.1, -0.05) is 37.7 Å². The van der Waals surface area contributed by atoms with Gasteiger partial charge in [0.15, 0.2) is 22.6 Å². The Morgan fingerprint density at radius 1 is 1.14 bits per heavy atom. The van der Waals surface area contributed by atoms with Crippen molar-refractivity contribution in [1.82, 2.24) is 9.55 Å². The van der Waals surface area contributed by atoms with E-state index in [9.17, 15) is 18.4 Å². The lowest BCUT2D eigenvalue weighted by molar-refractivity contribution is 0.102. The number of hydrogen-bond donors (Lipinski definition) is 0. The molecular formula is C21H20F2N2O2S. The molecule has 28 heavy (non-hydrogen) atoms. The number of carbonyl (C=O) groups is 1. The number of benzene rings is 2. The molecule has 0 saturated carbocycles. The lowest BCUT2D eigenvalue weighted by Gasteiger charge is -2.14. The van der Waals surface area contributed by atoms with Gasteiger partial charge in [-0.25, -0.2) is 13.8 Å². The maximum atomic E-state index is 13.4. The number of nitrogens with zero attached hydrogens (tertiary/aromatic N) is 2. The third kappa shape index (κ3) is 4.47. The Morgan fingerprint density at radius 2 is 1.89 bits per heavy atom. The van der Waals surface area contributed by atoms with Crippen LogP contribution in [0.25, 0.3) is 10.9 Å². The summed E-state index contributed by atoms with van der Waals surface area (Å²) in [7, 11) is 0. The molecule has 2 aromatic carbocycles. The van der Waals surface area contributed by atoms with Crippen LogP contribution in [0.1, 0.15) is 30.6 Å². The maximum Gasteiger partial charge on any atom is 0.262 e.